The molecule has 2 N–H and O–H groups in total. The molecule has 6 unspecified atom stereocenters. The van der Waals surface area contributed by atoms with E-state index in [1.54, 1.807) is 29.2 Å². The van der Waals surface area contributed by atoms with Gasteiger partial charge in [0.25, 0.3) is 0 Å². The van der Waals surface area contributed by atoms with Crippen molar-refractivity contribution in [3.05, 3.63) is 83.7 Å². The summed E-state index contributed by atoms with van der Waals surface area (Å²) >= 11 is 5.99. The minimum atomic E-state index is -1.41. The number of carbonyl (C=O) groups excluding carboxylic acids is 1. The van der Waals surface area contributed by atoms with Gasteiger partial charge >= 0.3 is 6.09 Å². The van der Waals surface area contributed by atoms with Crippen molar-refractivity contribution >= 4 is 23.4 Å². The van der Waals surface area contributed by atoms with Gasteiger partial charge in [-0.15, -0.1) is 18.2 Å². The van der Waals surface area contributed by atoms with Crippen molar-refractivity contribution in [3.63, 3.8) is 0 Å². The SMILES string of the molecule is C=CCOC12Oc3ccc(OCc4ccccc4F)cc3C3C(CCCCO)C(CCCCO)C=C(C(=NOC(C)(C)C)CC1N(CCC)C(=O)OCCCl)C32. The molecule has 0 aromatic heterocycles. The Balaban J connectivity index is 1.76. The largest absolute Gasteiger partial charge is 0.489 e. The van der Waals surface area contributed by atoms with Gasteiger partial charge in [-0.25, -0.2) is 9.18 Å². The van der Waals surface area contributed by atoms with Crippen molar-refractivity contribution in [2.24, 2.45) is 22.9 Å². The van der Waals surface area contributed by atoms with Crippen LogP contribution >= 0.6 is 11.6 Å². The highest BCUT2D eigenvalue weighted by atomic mass is 35.5. The van der Waals surface area contributed by atoms with Gasteiger partial charge in [-0.1, -0.05) is 55.3 Å². The number of halogens is 2. The highest BCUT2D eigenvalue weighted by Gasteiger charge is 2.65. The molecule has 5 rings (SSSR count). The van der Waals surface area contributed by atoms with Crippen molar-refractivity contribution in [2.45, 2.75) is 109 Å². The Labute approximate surface area is 336 Å². The predicted octanol–water partition coefficient (Wildman–Crippen LogP) is 8.92. The van der Waals surface area contributed by atoms with E-state index >= 15 is 0 Å². The van der Waals surface area contributed by atoms with Crippen LogP contribution in [0.3, 0.4) is 0 Å². The molecule has 0 radical (unpaired) electrons. The molecule has 3 aliphatic rings. The van der Waals surface area contributed by atoms with E-state index in [-0.39, 0.29) is 68.9 Å². The Morgan fingerprint density at radius 1 is 1.12 bits per heavy atom. The maximum absolute atomic E-state index is 14.7. The number of allylic oxidation sites excluding steroid dienone is 1. The lowest BCUT2D eigenvalue weighted by atomic mass is 9.55. The molecule has 1 heterocycles. The monoisotopic (exact) mass is 798 g/mol. The summed E-state index contributed by atoms with van der Waals surface area (Å²) in [5, 5.41) is 24.6. The second-order valence-corrected chi connectivity index (χ2v) is 16.2. The number of unbranched alkanes of at least 4 members (excludes halogenated alkanes) is 2. The second kappa shape index (κ2) is 20.2. The first-order valence-corrected chi connectivity index (χ1v) is 20.7. The minimum absolute atomic E-state index is 0.0385. The molecular formula is C44H60ClFN2O8. The Kier molecular flexibility index (Phi) is 15.7. The van der Waals surface area contributed by atoms with Crippen LogP contribution in [0.1, 0.15) is 96.1 Å². The number of amides is 1. The van der Waals surface area contributed by atoms with Crippen LogP contribution in [0.2, 0.25) is 0 Å². The predicted molar refractivity (Wildman–Crippen MR) is 216 cm³/mol. The third kappa shape index (κ3) is 10.1. The molecule has 2 aliphatic carbocycles. The van der Waals surface area contributed by atoms with Crippen LogP contribution in [0.5, 0.6) is 11.5 Å². The highest BCUT2D eigenvalue weighted by Crippen LogP contribution is 2.62. The van der Waals surface area contributed by atoms with E-state index in [2.05, 4.69) is 12.7 Å². The van der Waals surface area contributed by atoms with E-state index in [9.17, 15) is 19.4 Å². The highest BCUT2D eigenvalue weighted by molar-refractivity contribution is 6.18. The molecule has 12 heteroatoms. The second-order valence-electron chi connectivity index (χ2n) is 15.9. The van der Waals surface area contributed by atoms with Crippen molar-refractivity contribution in [2.75, 3.05) is 38.9 Å². The van der Waals surface area contributed by atoms with Gasteiger partial charge in [-0.3, -0.25) is 4.90 Å². The molecule has 2 aromatic carbocycles. The number of rotatable bonds is 20. The van der Waals surface area contributed by atoms with Crippen LogP contribution in [0.15, 0.2) is 71.9 Å². The fourth-order valence-corrected chi connectivity index (χ4v) is 8.61. The van der Waals surface area contributed by atoms with E-state index in [1.807, 2.05) is 45.9 Å². The topological polar surface area (TPSA) is 119 Å². The quantitative estimate of drug-likeness (QED) is 0.0590. The zero-order valence-electron chi connectivity index (χ0n) is 33.4. The number of aliphatic hydroxyl groups excluding tert-OH is 2. The third-order valence-electron chi connectivity index (χ3n) is 10.8. The Bertz CT molecular complexity index is 1680. The summed E-state index contributed by atoms with van der Waals surface area (Å²) in [6.07, 6.45) is 8.89. The number of benzene rings is 2. The average Bonchev–Trinajstić information content (AvgIpc) is 3.18. The number of aliphatic hydroxyl groups is 2. The summed E-state index contributed by atoms with van der Waals surface area (Å²) in [4.78, 5) is 21.9. The standard InChI is InChI=1S/C44H60ClFN2O8/c1-6-21-48(42(51)52-25-20-45)39-28-37(47-56-43(3,4)5)34-26-30(14-10-12-22-49)33(16-11-13-23-50)40-35-27-32(53-29-31-15-8-9-17-36(31)46)18-19-38(35)55-44(39,41(34)40)54-24-7-2/h7-9,15,17-19,26-27,30,33,39-41,49-50H,2,6,10-14,16,20-25,28-29H2,1,3-5H3. The van der Waals surface area contributed by atoms with Crippen LogP contribution in [-0.2, 0) is 20.9 Å². The normalized spacial score (nSPS) is 24.7. The maximum atomic E-state index is 14.7. The molecular weight excluding hydrogens is 739 g/mol. The molecule has 6 atom stereocenters. The van der Waals surface area contributed by atoms with Crippen LogP contribution < -0.4 is 9.47 Å². The number of ether oxygens (including phenoxy) is 4. The van der Waals surface area contributed by atoms with Gasteiger partial charge in [-0.05, 0) is 94.5 Å². The Hall–Kier alpha value is -3.64. The van der Waals surface area contributed by atoms with Gasteiger partial charge < -0.3 is 34.0 Å². The number of hydrogen-bond donors (Lipinski definition) is 2. The van der Waals surface area contributed by atoms with Crippen LogP contribution in [0.25, 0.3) is 0 Å². The van der Waals surface area contributed by atoms with Crippen LogP contribution in [0, 0.1) is 23.6 Å². The fourth-order valence-electron chi connectivity index (χ4n) is 8.53. The Morgan fingerprint density at radius 3 is 2.55 bits per heavy atom. The summed E-state index contributed by atoms with van der Waals surface area (Å²) in [6.45, 7) is 12.6. The molecule has 10 nitrogen and oxygen atoms in total. The van der Waals surface area contributed by atoms with Gasteiger partial charge in [0.05, 0.1) is 24.1 Å². The number of nitrogens with zero attached hydrogens (tertiary/aromatic N) is 2. The number of hydrogen-bond acceptors (Lipinski definition) is 9. The summed E-state index contributed by atoms with van der Waals surface area (Å²) in [5.41, 5.74) is 2.39. The lowest BCUT2D eigenvalue weighted by Gasteiger charge is -2.60. The van der Waals surface area contributed by atoms with Gasteiger partial charge in [-0.2, -0.15) is 0 Å². The van der Waals surface area contributed by atoms with Crippen molar-refractivity contribution in [1.29, 1.82) is 0 Å². The molecule has 1 fully saturated rings. The number of alkyl halides is 1. The molecule has 308 valence electrons. The first-order valence-electron chi connectivity index (χ1n) is 20.1. The summed E-state index contributed by atoms with van der Waals surface area (Å²) in [6, 6.07) is 11.5. The third-order valence-corrected chi connectivity index (χ3v) is 11.0. The molecule has 2 aromatic rings. The molecule has 0 saturated heterocycles. The van der Waals surface area contributed by atoms with Gasteiger partial charge in [0.2, 0.25) is 5.79 Å². The zero-order chi connectivity index (χ0) is 40.3. The van der Waals surface area contributed by atoms with Crippen molar-refractivity contribution < 1.29 is 43.2 Å². The van der Waals surface area contributed by atoms with Crippen LogP contribution in [-0.4, -0.2) is 83.2 Å². The minimum Gasteiger partial charge on any atom is -0.489 e. The lowest BCUT2D eigenvalue weighted by Crippen LogP contribution is -2.70. The van der Waals surface area contributed by atoms with Gasteiger partial charge in [0.15, 0.2) is 0 Å². The first kappa shape index (κ1) is 43.5. The average molecular weight is 799 g/mol. The molecule has 1 amide bonds. The van der Waals surface area contributed by atoms with E-state index in [4.69, 9.17) is 40.5 Å². The smallest absolute Gasteiger partial charge is 0.410 e. The molecule has 1 aliphatic heterocycles. The number of oxime groups is 1. The molecule has 0 bridgehead atoms. The molecule has 0 spiro atoms. The van der Waals surface area contributed by atoms with Crippen molar-refractivity contribution in [1.82, 2.24) is 4.90 Å². The Morgan fingerprint density at radius 2 is 1.88 bits per heavy atom. The number of carbonyl (C=O) groups is 1. The van der Waals surface area contributed by atoms with Gasteiger partial charge in [0, 0.05) is 43.2 Å². The molecule has 1 saturated carbocycles. The van der Waals surface area contributed by atoms with Crippen LogP contribution in [0.4, 0.5) is 9.18 Å². The fraction of sp³-hybridized carbons (Fsp3) is 0.591. The van der Waals surface area contributed by atoms with Gasteiger partial charge in [0.1, 0.15) is 42.2 Å². The lowest BCUT2D eigenvalue weighted by molar-refractivity contribution is -0.255. The zero-order valence-corrected chi connectivity index (χ0v) is 34.1. The first-order chi connectivity index (χ1) is 27.0. The summed E-state index contributed by atoms with van der Waals surface area (Å²) in [7, 11) is 0. The van der Waals surface area contributed by atoms with Crippen molar-refractivity contribution in [3.8, 4) is 11.5 Å². The molecule has 56 heavy (non-hydrogen) atoms. The number of fused-ring (bicyclic) bond motifs is 2. The van der Waals surface area contributed by atoms with E-state index in [0.717, 1.165) is 36.8 Å². The summed E-state index contributed by atoms with van der Waals surface area (Å²) in [5.74, 6) is -1.05. The maximum Gasteiger partial charge on any atom is 0.410 e. The van der Waals surface area contributed by atoms with E-state index < -0.39 is 29.4 Å². The van der Waals surface area contributed by atoms with E-state index in [1.165, 1.54) is 6.07 Å². The summed E-state index contributed by atoms with van der Waals surface area (Å²) < 4.78 is 40.8. The van der Waals surface area contributed by atoms with E-state index in [0.29, 0.717) is 48.6 Å².